The summed E-state index contributed by atoms with van der Waals surface area (Å²) in [5.41, 5.74) is 1.83. The van der Waals surface area contributed by atoms with Crippen LogP contribution in [-0.2, 0) is 0 Å². The molecule has 2 aromatic heterocycles. The third kappa shape index (κ3) is 0.809. The summed E-state index contributed by atoms with van der Waals surface area (Å²) in [6.07, 6.45) is 2.01. The molecule has 0 bridgehead atoms. The van der Waals surface area contributed by atoms with Crippen LogP contribution in [0.1, 0.15) is 18.4 Å². The highest BCUT2D eigenvalue weighted by atomic mass is 15.5. The van der Waals surface area contributed by atoms with Crippen LogP contribution in [0.25, 0.3) is 11.7 Å². The first kappa shape index (κ1) is 7.21. The molecule has 0 aromatic carbocycles. The van der Waals surface area contributed by atoms with E-state index in [1.54, 1.807) is 4.63 Å². The van der Waals surface area contributed by atoms with E-state index in [1.807, 2.05) is 26.8 Å². The normalized spacial score (nSPS) is 13.1. The predicted octanol–water partition coefficient (Wildman–Crippen LogP) is 0.260. The van der Waals surface area contributed by atoms with Gasteiger partial charge in [0.1, 0.15) is 5.82 Å². The summed E-state index contributed by atoms with van der Waals surface area (Å²) in [6.45, 7) is 5.80. The van der Waals surface area contributed by atoms with Crippen molar-refractivity contribution in [1.82, 2.24) is 19.8 Å². The van der Waals surface area contributed by atoms with Crippen LogP contribution >= 0.6 is 0 Å². The summed E-state index contributed by atoms with van der Waals surface area (Å²) in [4.78, 5) is 4.26. The predicted molar refractivity (Wildman–Crippen MR) is 45.6 cm³/mol. The molecule has 62 valence electrons. The molecule has 12 heavy (non-hydrogen) atoms. The van der Waals surface area contributed by atoms with Gasteiger partial charge in [-0.3, -0.25) is 0 Å². The van der Waals surface area contributed by atoms with Gasteiger partial charge in [-0.2, -0.15) is 5.10 Å². The van der Waals surface area contributed by atoms with Gasteiger partial charge < -0.3 is 0 Å². The number of hydrogen-bond acceptors (Lipinski definition) is 3. The molecular weight excluding hydrogens is 152 g/mol. The highest BCUT2D eigenvalue weighted by Crippen LogP contribution is 1.95. The minimum absolute atomic E-state index is 0.764. The number of aromatic nitrogens is 4. The van der Waals surface area contributed by atoms with Crippen LogP contribution in [-0.4, -0.2) is 19.8 Å². The van der Waals surface area contributed by atoms with Gasteiger partial charge in [0.15, 0.2) is 5.65 Å². The Bertz CT molecular complexity index is 469. The van der Waals surface area contributed by atoms with Gasteiger partial charge in [-0.15, -0.1) is 9.73 Å². The Balaban J connectivity index is 2.97. The largest absolute Gasteiger partial charge is 0.210 e. The molecule has 0 saturated heterocycles. The van der Waals surface area contributed by atoms with Crippen molar-refractivity contribution in [1.29, 1.82) is 0 Å². The average Bonchev–Trinajstić information content (AvgIpc) is 2.43. The van der Waals surface area contributed by atoms with Gasteiger partial charge in [-0.05, 0) is 20.8 Å². The lowest BCUT2D eigenvalue weighted by Crippen LogP contribution is -2.01. The Morgan fingerprint density at radius 1 is 1.25 bits per heavy atom. The van der Waals surface area contributed by atoms with Gasteiger partial charge in [0.25, 0.3) is 0 Å². The van der Waals surface area contributed by atoms with Gasteiger partial charge in [-0.1, -0.05) is 6.08 Å². The number of aryl methyl sites for hydroxylation is 2. The zero-order chi connectivity index (χ0) is 8.72. The van der Waals surface area contributed by atoms with Crippen molar-refractivity contribution in [2.75, 3.05) is 0 Å². The highest BCUT2D eigenvalue weighted by molar-refractivity contribution is 5.45. The molecule has 0 saturated carbocycles. The summed E-state index contributed by atoms with van der Waals surface area (Å²) in [6, 6.07) is 0. The third-order valence-corrected chi connectivity index (χ3v) is 1.86. The number of hydrogen-bond donors (Lipinski definition) is 0. The Morgan fingerprint density at radius 3 is 2.67 bits per heavy atom. The lowest BCUT2D eigenvalue weighted by Gasteiger charge is -1.77. The van der Waals surface area contributed by atoms with Crippen LogP contribution in [0.3, 0.4) is 0 Å². The summed E-state index contributed by atoms with van der Waals surface area (Å²) in [5.74, 6) is 0.764. The molecule has 0 unspecified atom stereocenters. The number of nitrogens with zero attached hydrogens (tertiary/aromatic N) is 4. The van der Waals surface area contributed by atoms with Crippen molar-refractivity contribution in [3.8, 4) is 0 Å². The van der Waals surface area contributed by atoms with Crippen LogP contribution in [0.15, 0.2) is 0 Å². The fourth-order valence-corrected chi connectivity index (χ4v) is 1.34. The second-order valence-corrected chi connectivity index (χ2v) is 2.76. The Hall–Kier alpha value is -1.45. The number of rotatable bonds is 0. The monoisotopic (exact) mass is 162 g/mol. The maximum atomic E-state index is 4.26. The molecule has 2 rings (SSSR count). The molecule has 0 spiro atoms. The molecule has 2 aromatic rings. The molecule has 4 heteroatoms. The van der Waals surface area contributed by atoms with E-state index in [0.29, 0.717) is 0 Å². The summed E-state index contributed by atoms with van der Waals surface area (Å²) >= 11 is 0. The van der Waals surface area contributed by atoms with Gasteiger partial charge in [0.05, 0.1) is 5.69 Å². The molecule has 0 amide bonds. The highest BCUT2D eigenvalue weighted by Gasteiger charge is 2.05. The molecule has 0 aliphatic carbocycles. The molecule has 2 heterocycles. The lowest BCUT2D eigenvalue weighted by molar-refractivity contribution is 0.793. The zero-order valence-electron chi connectivity index (χ0n) is 7.37. The standard InChI is InChI=1S/C8H10N4/c1-4-7-5(2)10-12-8(7)9-6(3)11-12/h4H,1-3H3/b7-4-. The summed E-state index contributed by atoms with van der Waals surface area (Å²) < 4.78 is 1.58. The van der Waals surface area contributed by atoms with Crippen LogP contribution in [0.2, 0.25) is 0 Å². The van der Waals surface area contributed by atoms with Crippen molar-refractivity contribution in [3.05, 3.63) is 16.7 Å². The quantitative estimate of drug-likeness (QED) is 0.558. The maximum absolute atomic E-state index is 4.26. The second kappa shape index (κ2) is 2.27. The van der Waals surface area contributed by atoms with Gasteiger partial charge in [-0.25, -0.2) is 4.98 Å². The average molecular weight is 162 g/mol. The minimum Gasteiger partial charge on any atom is -0.210 e. The van der Waals surface area contributed by atoms with Crippen LogP contribution in [0.5, 0.6) is 0 Å². The molecule has 0 aliphatic rings. The third-order valence-electron chi connectivity index (χ3n) is 1.86. The Labute approximate surface area is 69.9 Å². The molecular formula is C8H10N4. The van der Waals surface area contributed by atoms with E-state index in [0.717, 1.165) is 22.4 Å². The van der Waals surface area contributed by atoms with E-state index in [9.17, 15) is 0 Å². The van der Waals surface area contributed by atoms with Gasteiger partial charge in [0.2, 0.25) is 0 Å². The van der Waals surface area contributed by atoms with Crippen LogP contribution in [0.4, 0.5) is 0 Å². The second-order valence-electron chi connectivity index (χ2n) is 2.76. The SMILES string of the molecule is C/C=c1/c(C)nn2nc(C)nc12. The number of fused-ring (bicyclic) bond motifs is 1. The molecule has 4 nitrogen and oxygen atoms in total. The van der Waals surface area contributed by atoms with Crippen molar-refractivity contribution >= 4 is 11.7 Å². The van der Waals surface area contributed by atoms with E-state index in [1.165, 1.54) is 0 Å². The van der Waals surface area contributed by atoms with Gasteiger partial charge in [0, 0.05) is 5.22 Å². The molecule has 0 atom stereocenters. The van der Waals surface area contributed by atoms with Crippen molar-refractivity contribution in [2.24, 2.45) is 0 Å². The van der Waals surface area contributed by atoms with E-state index in [-0.39, 0.29) is 0 Å². The van der Waals surface area contributed by atoms with E-state index >= 15 is 0 Å². The molecule has 0 aliphatic heterocycles. The fraction of sp³-hybridized carbons (Fsp3) is 0.375. The molecule has 0 radical (unpaired) electrons. The first-order chi connectivity index (χ1) is 5.72. The zero-order valence-corrected chi connectivity index (χ0v) is 7.37. The topological polar surface area (TPSA) is 43.1 Å². The Morgan fingerprint density at radius 2 is 2.00 bits per heavy atom. The van der Waals surface area contributed by atoms with Crippen molar-refractivity contribution < 1.29 is 0 Å². The van der Waals surface area contributed by atoms with Crippen molar-refractivity contribution in [2.45, 2.75) is 20.8 Å². The fourth-order valence-electron chi connectivity index (χ4n) is 1.34. The summed E-state index contributed by atoms with van der Waals surface area (Å²) in [5, 5.41) is 9.41. The van der Waals surface area contributed by atoms with Crippen molar-refractivity contribution in [3.63, 3.8) is 0 Å². The first-order valence-electron chi connectivity index (χ1n) is 3.88. The Kier molecular flexibility index (Phi) is 1.36. The molecule has 0 N–H and O–H groups in total. The maximum Gasteiger partial charge on any atom is 0.185 e. The van der Waals surface area contributed by atoms with E-state index in [2.05, 4.69) is 15.2 Å². The lowest BCUT2D eigenvalue weighted by atomic mass is 10.3. The van der Waals surface area contributed by atoms with Crippen LogP contribution in [0, 0.1) is 13.8 Å². The first-order valence-corrected chi connectivity index (χ1v) is 3.88. The smallest absolute Gasteiger partial charge is 0.185 e. The molecule has 0 fully saturated rings. The minimum atomic E-state index is 0.764. The van der Waals surface area contributed by atoms with E-state index in [4.69, 9.17) is 0 Å². The van der Waals surface area contributed by atoms with Crippen LogP contribution < -0.4 is 5.22 Å². The van der Waals surface area contributed by atoms with Gasteiger partial charge >= 0.3 is 0 Å². The summed E-state index contributed by atoms with van der Waals surface area (Å²) in [7, 11) is 0. The van der Waals surface area contributed by atoms with E-state index < -0.39 is 0 Å².